The number of carbonyl (C=O) groups excluding carboxylic acids is 1. The van der Waals surface area contributed by atoms with Gasteiger partial charge < -0.3 is 10.2 Å². The first kappa shape index (κ1) is 27.3. The van der Waals surface area contributed by atoms with E-state index in [1.54, 1.807) is 23.0 Å². The number of nitrogens with zero attached hydrogens (tertiary/aromatic N) is 4. The number of aromatic nitrogens is 3. The van der Waals surface area contributed by atoms with Crippen LogP contribution >= 0.6 is 46.8 Å². The first-order valence-electron chi connectivity index (χ1n) is 12.4. The molecule has 11 heteroatoms. The maximum atomic E-state index is 12.9. The molecule has 0 radical (unpaired) electrons. The number of amides is 1. The molecule has 39 heavy (non-hydrogen) atoms. The summed E-state index contributed by atoms with van der Waals surface area (Å²) in [6.45, 7) is 10.2. The second-order valence-electron chi connectivity index (χ2n) is 9.08. The lowest BCUT2D eigenvalue weighted by atomic mass is 10.1. The molecule has 0 atom stereocenters. The van der Waals surface area contributed by atoms with Crippen molar-refractivity contribution in [1.29, 1.82) is 0 Å². The average Bonchev–Trinajstić information content (AvgIpc) is 3.44. The third kappa shape index (κ3) is 5.45. The van der Waals surface area contributed by atoms with Gasteiger partial charge in [0.05, 0.1) is 10.7 Å². The Bertz CT molecular complexity index is 1740. The van der Waals surface area contributed by atoms with Crippen molar-refractivity contribution in [2.75, 3.05) is 23.3 Å². The van der Waals surface area contributed by atoms with Crippen molar-refractivity contribution >= 4 is 90.3 Å². The van der Waals surface area contributed by atoms with Crippen LogP contribution in [0.15, 0.2) is 48.5 Å². The summed E-state index contributed by atoms with van der Waals surface area (Å²) in [5.74, 6) is -0.386. The number of halogens is 2. The summed E-state index contributed by atoms with van der Waals surface area (Å²) in [4.78, 5) is 17.3. The van der Waals surface area contributed by atoms with Crippen molar-refractivity contribution in [1.82, 2.24) is 20.3 Å². The quantitative estimate of drug-likeness (QED) is 0.197. The second kappa shape index (κ2) is 11.1. The lowest BCUT2D eigenvalue weighted by molar-refractivity contribution is 0.0982. The van der Waals surface area contributed by atoms with Crippen molar-refractivity contribution in [3.8, 4) is 5.69 Å². The van der Waals surface area contributed by atoms with Gasteiger partial charge in [0.15, 0.2) is 5.11 Å². The number of anilines is 2. The fourth-order valence-corrected chi connectivity index (χ4v) is 6.35. The van der Waals surface area contributed by atoms with Crippen LogP contribution in [0.2, 0.25) is 10.0 Å². The summed E-state index contributed by atoms with van der Waals surface area (Å²) >= 11 is 19.3. The number of thiophene rings is 1. The molecular weight excluding hydrogens is 571 g/mol. The molecule has 1 amide bonds. The highest BCUT2D eigenvalue weighted by molar-refractivity contribution is 7.80. The highest BCUT2D eigenvalue weighted by Crippen LogP contribution is 2.36. The number of hydrogen-bond acceptors (Lipinski definition) is 6. The zero-order valence-corrected chi connectivity index (χ0v) is 24.9. The molecule has 2 aromatic heterocycles. The molecule has 2 heterocycles. The van der Waals surface area contributed by atoms with E-state index < -0.39 is 0 Å². The van der Waals surface area contributed by atoms with E-state index in [2.05, 4.69) is 48.4 Å². The van der Waals surface area contributed by atoms with Crippen molar-refractivity contribution in [2.24, 2.45) is 0 Å². The minimum Gasteiger partial charge on any atom is -0.372 e. The molecule has 5 rings (SSSR count). The van der Waals surface area contributed by atoms with Crippen molar-refractivity contribution in [3.05, 3.63) is 74.6 Å². The van der Waals surface area contributed by atoms with Crippen LogP contribution in [0.25, 0.3) is 26.8 Å². The Kier molecular flexibility index (Phi) is 7.77. The van der Waals surface area contributed by atoms with Crippen LogP contribution in [0.5, 0.6) is 0 Å². The Morgan fingerprint density at radius 3 is 2.41 bits per heavy atom. The molecule has 0 bridgehead atoms. The summed E-state index contributed by atoms with van der Waals surface area (Å²) in [7, 11) is 0. The molecule has 3 aromatic carbocycles. The van der Waals surface area contributed by atoms with E-state index in [1.165, 1.54) is 17.0 Å². The van der Waals surface area contributed by atoms with E-state index >= 15 is 0 Å². The lowest BCUT2D eigenvalue weighted by Crippen LogP contribution is -2.34. The van der Waals surface area contributed by atoms with E-state index in [0.29, 0.717) is 20.4 Å². The summed E-state index contributed by atoms with van der Waals surface area (Å²) in [6.07, 6.45) is 0. The zero-order chi connectivity index (χ0) is 27.8. The minimum atomic E-state index is -0.386. The number of rotatable bonds is 6. The SMILES string of the molecule is CCN(CC)c1ccc(-n2nc3cc(C)c(NC(=S)NC(=O)c4sc5cc(Cl)ccc5c4Cl)cc3n2)c(C)c1. The Morgan fingerprint density at radius 1 is 1.00 bits per heavy atom. The van der Waals surface area contributed by atoms with Crippen LogP contribution < -0.4 is 15.5 Å². The van der Waals surface area contributed by atoms with Crippen LogP contribution in [0.1, 0.15) is 34.6 Å². The van der Waals surface area contributed by atoms with Crippen LogP contribution in [0.3, 0.4) is 0 Å². The largest absolute Gasteiger partial charge is 0.372 e. The van der Waals surface area contributed by atoms with Gasteiger partial charge in [0.25, 0.3) is 5.91 Å². The lowest BCUT2D eigenvalue weighted by Gasteiger charge is -2.22. The number of aryl methyl sites for hydroxylation is 2. The van der Waals surface area contributed by atoms with Crippen LogP contribution in [-0.4, -0.2) is 39.1 Å². The first-order valence-corrected chi connectivity index (χ1v) is 14.4. The van der Waals surface area contributed by atoms with E-state index in [4.69, 9.17) is 45.6 Å². The first-order chi connectivity index (χ1) is 18.7. The topological polar surface area (TPSA) is 75.1 Å². The van der Waals surface area contributed by atoms with Crippen molar-refractivity contribution < 1.29 is 4.79 Å². The Balaban J connectivity index is 1.35. The predicted molar refractivity (Wildman–Crippen MR) is 167 cm³/mol. The molecule has 0 aliphatic rings. The number of nitrogens with one attached hydrogen (secondary N) is 2. The number of fused-ring (bicyclic) bond motifs is 2. The molecule has 7 nitrogen and oxygen atoms in total. The molecular formula is C28H26Cl2N6OS2. The van der Waals surface area contributed by atoms with Crippen molar-refractivity contribution in [3.63, 3.8) is 0 Å². The smallest absolute Gasteiger partial charge is 0.269 e. The molecule has 0 aliphatic carbocycles. The molecule has 0 fully saturated rings. The monoisotopic (exact) mass is 596 g/mol. The Morgan fingerprint density at radius 2 is 1.72 bits per heavy atom. The number of carbonyl (C=O) groups is 1. The summed E-state index contributed by atoms with van der Waals surface area (Å²) in [5.41, 5.74) is 6.28. The summed E-state index contributed by atoms with van der Waals surface area (Å²) in [5, 5.41) is 17.2. The minimum absolute atomic E-state index is 0.157. The zero-order valence-electron chi connectivity index (χ0n) is 21.8. The maximum Gasteiger partial charge on any atom is 0.269 e. The number of hydrogen-bond donors (Lipinski definition) is 2. The fourth-order valence-electron chi connectivity index (χ4n) is 4.46. The molecule has 5 aromatic rings. The number of thiocarbonyl (C=S) groups is 1. The van der Waals surface area contributed by atoms with E-state index in [-0.39, 0.29) is 11.0 Å². The summed E-state index contributed by atoms with van der Waals surface area (Å²) in [6, 6.07) is 15.5. The van der Waals surface area contributed by atoms with Gasteiger partial charge in [0.2, 0.25) is 0 Å². The molecule has 0 saturated carbocycles. The van der Waals surface area contributed by atoms with E-state index in [0.717, 1.165) is 51.2 Å². The van der Waals surface area contributed by atoms with Gasteiger partial charge in [-0.05, 0) is 93.5 Å². The molecule has 0 aliphatic heterocycles. The maximum absolute atomic E-state index is 12.9. The van der Waals surface area contributed by atoms with Gasteiger partial charge in [-0.1, -0.05) is 29.3 Å². The van der Waals surface area contributed by atoms with Crippen molar-refractivity contribution in [2.45, 2.75) is 27.7 Å². The number of benzene rings is 3. The third-order valence-electron chi connectivity index (χ3n) is 6.52. The second-order valence-corrected chi connectivity index (χ2v) is 11.4. The van der Waals surface area contributed by atoms with Gasteiger partial charge >= 0.3 is 0 Å². The Labute approximate surface area is 245 Å². The average molecular weight is 598 g/mol. The molecule has 0 unspecified atom stereocenters. The molecule has 200 valence electrons. The van der Waals surface area contributed by atoms with Gasteiger partial charge in [-0.25, -0.2) is 0 Å². The van der Waals surface area contributed by atoms with Crippen LogP contribution in [0.4, 0.5) is 11.4 Å². The van der Waals surface area contributed by atoms with Crippen LogP contribution in [0, 0.1) is 13.8 Å². The standard InChI is InChI=1S/C28H26Cl2N6OS2/c1-5-35(6-2)18-8-10-23(16(4)11-18)36-33-21-12-15(3)20(14-22(21)34-36)31-28(38)32-27(37)26-25(30)19-9-7-17(29)13-24(19)39-26/h7-14H,5-6H2,1-4H3,(H2,31,32,37,38). The third-order valence-corrected chi connectivity index (χ3v) is 8.62. The molecule has 0 spiro atoms. The highest BCUT2D eigenvalue weighted by atomic mass is 35.5. The van der Waals surface area contributed by atoms with Gasteiger partial charge in [-0.2, -0.15) is 4.80 Å². The fraction of sp³-hybridized carbons (Fsp3) is 0.214. The van der Waals surface area contributed by atoms with Gasteiger partial charge in [0, 0.05) is 39.6 Å². The van der Waals surface area contributed by atoms with E-state index in [1.807, 2.05) is 25.1 Å². The highest BCUT2D eigenvalue weighted by Gasteiger charge is 2.19. The van der Waals surface area contributed by atoms with E-state index in [9.17, 15) is 4.79 Å². The predicted octanol–water partition coefficient (Wildman–Crippen LogP) is 7.53. The summed E-state index contributed by atoms with van der Waals surface area (Å²) < 4.78 is 0.832. The normalized spacial score (nSPS) is 11.2. The molecule has 2 N–H and O–H groups in total. The van der Waals surface area contributed by atoms with Crippen LogP contribution in [-0.2, 0) is 0 Å². The van der Waals surface area contributed by atoms with Gasteiger partial charge in [0.1, 0.15) is 15.9 Å². The Hall–Kier alpha value is -3.24. The van der Waals surface area contributed by atoms with Gasteiger partial charge in [-0.15, -0.1) is 21.5 Å². The molecule has 0 saturated heterocycles. The van der Waals surface area contributed by atoms with Gasteiger partial charge in [-0.3, -0.25) is 10.1 Å².